The Balaban J connectivity index is 1.63. The van der Waals surface area contributed by atoms with Crippen LogP contribution in [0.2, 0.25) is 0 Å². The molecule has 0 bridgehead atoms. The van der Waals surface area contributed by atoms with Crippen molar-refractivity contribution in [1.29, 1.82) is 0 Å². The second-order valence-electron chi connectivity index (χ2n) is 4.81. The molecule has 0 atom stereocenters. The van der Waals surface area contributed by atoms with Gasteiger partial charge in [-0.2, -0.15) is 5.10 Å². The van der Waals surface area contributed by atoms with E-state index in [0.29, 0.717) is 17.5 Å². The Morgan fingerprint density at radius 2 is 2.24 bits per heavy atom. The highest BCUT2D eigenvalue weighted by Gasteiger charge is 2.30. The first-order valence-corrected chi connectivity index (χ1v) is 6.77. The van der Waals surface area contributed by atoms with Crippen molar-refractivity contribution in [1.82, 2.24) is 20.8 Å². The number of nitrogens with zero attached hydrogens (tertiary/aromatic N) is 1. The molecule has 0 radical (unpaired) electrons. The molecule has 2 heterocycles. The molecule has 1 saturated carbocycles. The van der Waals surface area contributed by atoms with Crippen molar-refractivity contribution in [3.8, 4) is 0 Å². The maximum absolute atomic E-state index is 11.9. The molecular formula is C11H15BrN4O. The summed E-state index contributed by atoms with van der Waals surface area (Å²) < 4.78 is 0.837. The smallest absolute Gasteiger partial charge is 0.272 e. The lowest BCUT2D eigenvalue weighted by molar-refractivity contribution is 0.0936. The van der Waals surface area contributed by atoms with Crippen LogP contribution in [0.5, 0.6) is 0 Å². The highest BCUT2D eigenvalue weighted by atomic mass is 79.9. The summed E-state index contributed by atoms with van der Waals surface area (Å²) in [6.07, 6.45) is 2.38. The zero-order valence-electron chi connectivity index (χ0n) is 9.42. The predicted octanol–water partition coefficient (Wildman–Crippen LogP) is 0.999. The molecule has 17 heavy (non-hydrogen) atoms. The molecule has 6 heteroatoms. The molecule has 92 valence electrons. The third kappa shape index (κ3) is 2.24. The number of carbonyl (C=O) groups excluding carboxylic acids is 1. The van der Waals surface area contributed by atoms with Gasteiger partial charge in [-0.1, -0.05) is 0 Å². The van der Waals surface area contributed by atoms with Gasteiger partial charge in [0.05, 0.1) is 10.2 Å². The van der Waals surface area contributed by atoms with Crippen LogP contribution in [0, 0.1) is 5.92 Å². The quantitative estimate of drug-likeness (QED) is 0.777. The minimum Gasteiger partial charge on any atom is -0.350 e. The zero-order chi connectivity index (χ0) is 11.8. The summed E-state index contributed by atoms with van der Waals surface area (Å²) in [5.74, 6) is 1.04. The van der Waals surface area contributed by atoms with Gasteiger partial charge < -0.3 is 10.6 Å². The van der Waals surface area contributed by atoms with Gasteiger partial charge in [0.25, 0.3) is 5.91 Å². The van der Waals surface area contributed by atoms with E-state index in [4.69, 9.17) is 0 Å². The van der Waals surface area contributed by atoms with Crippen LogP contribution in [0.4, 0.5) is 0 Å². The highest BCUT2D eigenvalue weighted by molar-refractivity contribution is 9.10. The molecule has 1 amide bonds. The number of aromatic amines is 1. The van der Waals surface area contributed by atoms with Gasteiger partial charge in [-0.05, 0) is 28.8 Å². The molecule has 3 rings (SSSR count). The Bertz CT molecular complexity index is 437. The molecule has 1 aromatic heterocycles. The first-order valence-electron chi connectivity index (χ1n) is 5.98. The van der Waals surface area contributed by atoms with Crippen molar-refractivity contribution in [3.05, 3.63) is 15.9 Å². The molecule has 3 N–H and O–H groups in total. The number of halogens is 1. The molecule has 1 saturated heterocycles. The molecule has 0 aromatic carbocycles. The Labute approximate surface area is 108 Å². The van der Waals surface area contributed by atoms with E-state index in [1.54, 1.807) is 0 Å². The second-order valence-corrected chi connectivity index (χ2v) is 5.60. The number of aromatic nitrogens is 2. The van der Waals surface area contributed by atoms with Gasteiger partial charge in [-0.25, -0.2) is 0 Å². The number of H-pyrrole nitrogens is 1. The molecule has 5 nitrogen and oxygen atoms in total. The second kappa shape index (κ2) is 4.42. The average molecular weight is 299 g/mol. The molecule has 2 fully saturated rings. The lowest BCUT2D eigenvalue weighted by atomic mass is 10.0. The fraction of sp³-hybridized carbons (Fsp3) is 0.636. The fourth-order valence-corrected chi connectivity index (χ4v) is 2.63. The minimum absolute atomic E-state index is 0.0908. The number of nitrogens with one attached hydrogen (secondary N) is 3. The number of hydrogen-bond acceptors (Lipinski definition) is 3. The topological polar surface area (TPSA) is 69.8 Å². The van der Waals surface area contributed by atoms with Gasteiger partial charge in [-0.15, -0.1) is 0 Å². The van der Waals surface area contributed by atoms with Crippen LogP contribution >= 0.6 is 15.9 Å². The van der Waals surface area contributed by atoms with E-state index in [2.05, 4.69) is 36.8 Å². The highest BCUT2D eigenvalue weighted by Crippen LogP contribution is 2.42. The maximum Gasteiger partial charge on any atom is 0.272 e. The lowest BCUT2D eigenvalue weighted by Crippen LogP contribution is -2.48. The largest absolute Gasteiger partial charge is 0.350 e. The van der Waals surface area contributed by atoms with Crippen molar-refractivity contribution in [2.24, 2.45) is 5.92 Å². The van der Waals surface area contributed by atoms with Crippen LogP contribution in [0.15, 0.2) is 4.47 Å². The third-order valence-corrected chi connectivity index (χ3v) is 4.15. The standard InChI is InChI=1S/C11H15BrN4O/c12-8-9(7-1-2-7)15-16-10(8)11(17)14-5-6-3-13-4-6/h6-7,13H,1-5H2,(H,14,17)(H,15,16). The van der Waals surface area contributed by atoms with Crippen LogP contribution in [0.1, 0.15) is 34.9 Å². The van der Waals surface area contributed by atoms with Crippen molar-refractivity contribution in [2.45, 2.75) is 18.8 Å². The van der Waals surface area contributed by atoms with Crippen LogP contribution < -0.4 is 10.6 Å². The molecule has 2 aliphatic rings. The lowest BCUT2D eigenvalue weighted by Gasteiger charge is -2.26. The van der Waals surface area contributed by atoms with Gasteiger partial charge in [0.1, 0.15) is 0 Å². The summed E-state index contributed by atoms with van der Waals surface area (Å²) in [6.45, 7) is 2.72. The van der Waals surface area contributed by atoms with E-state index >= 15 is 0 Å². The van der Waals surface area contributed by atoms with Crippen LogP contribution in [-0.4, -0.2) is 35.7 Å². The van der Waals surface area contributed by atoms with E-state index in [0.717, 1.165) is 29.8 Å². The summed E-state index contributed by atoms with van der Waals surface area (Å²) in [4.78, 5) is 11.9. The molecule has 1 aromatic rings. The fourth-order valence-electron chi connectivity index (χ4n) is 1.95. The van der Waals surface area contributed by atoms with Gasteiger partial charge in [0, 0.05) is 31.5 Å². The van der Waals surface area contributed by atoms with Gasteiger partial charge in [0.2, 0.25) is 0 Å². The summed E-state index contributed by atoms with van der Waals surface area (Å²) >= 11 is 3.46. The van der Waals surface area contributed by atoms with Crippen LogP contribution in [0.25, 0.3) is 0 Å². The van der Waals surface area contributed by atoms with E-state index in [-0.39, 0.29) is 5.91 Å². The molecule has 1 aliphatic heterocycles. The molecular weight excluding hydrogens is 284 g/mol. The number of amides is 1. The molecule has 0 unspecified atom stereocenters. The molecule has 0 spiro atoms. The molecule has 1 aliphatic carbocycles. The Morgan fingerprint density at radius 3 is 2.82 bits per heavy atom. The van der Waals surface area contributed by atoms with Gasteiger partial charge >= 0.3 is 0 Å². The van der Waals surface area contributed by atoms with Gasteiger partial charge in [-0.3, -0.25) is 9.89 Å². The van der Waals surface area contributed by atoms with Crippen molar-refractivity contribution in [3.63, 3.8) is 0 Å². The maximum atomic E-state index is 11.9. The van der Waals surface area contributed by atoms with E-state index in [1.165, 1.54) is 12.8 Å². The third-order valence-electron chi connectivity index (χ3n) is 3.35. The Kier molecular flexibility index (Phi) is 2.92. The normalized spacial score (nSPS) is 20.1. The summed E-state index contributed by atoms with van der Waals surface area (Å²) in [5.41, 5.74) is 1.56. The zero-order valence-corrected chi connectivity index (χ0v) is 11.0. The van der Waals surface area contributed by atoms with Crippen molar-refractivity contribution < 1.29 is 4.79 Å². The van der Waals surface area contributed by atoms with E-state index in [9.17, 15) is 4.79 Å². The number of carbonyl (C=O) groups is 1. The van der Waals surface area contributed by atoms with Crippen LogP contribution in [0.3, 0.4) is 0 Å². The summed E-state index contributed by atoms with van der Waals surface area (Å²) in [7, 11) is 0. The average Bonchev–Trinajstić information content (AvgIpc) is 3.00. The number of rotatable bonds is 4. The Hall–Kier alpha value is -0.880. The van der Waals surface area contributed by atoms with Gasteiger partial charge in [0.15, 0.2) is 5.69 Å². The minimum atomic E-state index is -0.0908. The van der Waals surface area contributed by atoms with E-state index < -0.39 is 0 Å². The summed E-state index contributed by atoms with van der Waals surface area (Å²) in [5, 5.41) is 13.2. The SMILES string of the molecule is O=C(NCC1CNC1)c1n[nH]c(C2CC2)c1Br. The van der Waals surface area contributed by atoms with Crippen LogP contribution in [-0.2, 0) is 0 Å². The monoisotopic (exact) mass is 298 g/mol. The van der Waals surface area contributed by atoms with Crippen molar-refractivity contribution >= 4 is 21.8 Å². The Morgan fingerprint density at radius 1 is 1.47 bits per heavy atom. The summed E-state index contributed by atoms with van der Waals surface area (Å²) in [6, 6.07) is 0. The number of hydrogen-bond donors (Lipinski definition) is 3. The van der Waals surface area contributed by atoms with E-state index in [1.807, 2.05) is 0 Å². The van der Waals surface area contributed by atoms with Crippen molar-refractivity contribution in [2.75, 3.05) is 19.6 Å². The first-order chi connectivity index (χ1) is 8.25. The predicted molar refractivity (Wildman–Crippen MR) is 67.0 cm³/mol. The first kappa shape index (κ1) is 11.2.